The van der Waals surface area contributed by atoms with Crippen molar-refractivity contribution >= 4 is 17.7 Å². The number of rotatable bonds is 5. The molecule has 1 saturated carbocycles. The van der Waals surface area contributed by atoms with Crippen LogP contribution in [-0.4, -0.2) is 16.9 Å². The number of nitriles is 1. The summed E-state index contributed by atoms with van der Waals surface area (Å²) in [5.41, 5.74) is 1.34. The molecule has 1 aromatic carbocycles. The van der Waals surface area contributed by atoms with Crippen molar-refractivity contribution in [3.63, 3.8) is 0 Å². The molecule has 7 nitrogen and oxygen atoms in total. The van der Waals surface area contributed by atoms with Gasteiger partial charge in [-0.15, -0.1) is 0 Å². The van der Waals surface area contributed by atoms with Gasteiger partial charge in [0.15, 0.2) is 0 Å². The quantitative estimate of drug-likeness (QED) is 0.389. The molecule has 1 amide bonds. The second-order valence-corrected chi connectivity index (χ2v) is 5.88. The summed E-state index contributed by atoms with van der Waals surface area (Å²) >= 11 is 0. The summed E-state index contributed by atoms with van der Waals surface area (Å²) in [5, 5.41) is 22.8. The summed E-state index contributed by atoms with van der Waals surface area (Å²) in [6.45, 7) is 1.82. The number of nitrogens with zero attached hydrogens (tertiary/aromatic N) is 2. The molecule has 1 aliphatic rings. The molecule has 0 atom stereocenters. The lowest BCUT2D eigenvalue weighted by Gasteiger charge is -2.02. The zero-order valence-electron chi connectivity index (χ0n) is 13.5. The number of amides is 1. The van der Waals surface area contributed by atoms with Crippen molar-refractivity contribution in [3.05, 3.63) is 57.3 Å². The van der Waals surface area contributed by atoms with Crippen molar-refractivity contribution in [1.29, 1.82) is 5.26 Å². The standard InChI is InChI=1S/C18H15N3O4/c1-11-2-5-14(21(23)24)9-16(11)17-7-6-15(25-17)8-12(10-19)18(22)20-13-3-4-13/h2,5-9,13H,3-4H2,1H3,(H,20,22)/b12-8+. The first kappa shape index (κ1) is 16.5. The van der Waals surface area contributed by atoms with Gasteiger partial charge >= 0.3 is 0 Å². The number of hydrogen-bond acceptors (Lipinski definition) is 5. The number of carbonyl (C=O) groups excluding carboxylic acids is 1. The first-order valence-electron chi connectivity index (χ1n) is 7.76. The van der Waals surface area contributed by atoms with Crippen LogP contribution in [0, 0.1) is 28.4 Å². The van der Waals surface area contributed by atoms with Crippen LogP contribution in [0.15, 0.2) is 40.3 Å². The zero-order chi connectivity index (χ0) is 18.0. The Labute approximate surface area is 143 Å². The van der Waals surface area contributed by atoms with Gasteiger partial charge in [0.05, 0.1) is 4.92 Å². The number of nitrogens with one attached hydrogen (secondary N) is 1. The third-order valence-electron chi connectivity index (χ3n) is 3.89. The van der Waals surface area contributed by atoms with Gasteiger partial charge in [0, 0.05) is 29.8 Å². The molecule has 1 aromatic heterocycles. The Morgan fingerprint density at radius 1 is 1.40 bits per heavy atom. The predicted molar refractivity (Wildman–Crippen MR) is 90.3 cm³/mol. The number of non-ortho nitro benzene ring substituents is 1. The Kier molecular flexibility index (Phi) is 4.35. The smallest absolute Gasteiger partial charge is 0.270 e. The molecule has 2 aromatic rings. The van der Waals surface area contributed by atoms with Crippen LogP contribution < -0.4 is 5.32 Å². The molecule has 7 heteroatoms. The zero-order valence-corrected chi connectivity index (χ0v) is 13.5. The topological polar surface area (TPSA) is 109 Å². The van der Waals surface area contributed by atoms with Gasteiger partial charge in [-0.25, -0.2) is 0 Å². The van der Waals surface area contributed by atoms with Crippen LogP contribution in [-0.2, 0) is 4.79 Å². The second kappa shape index (κ2) is 6.61. The monoisotopic (exact) mass is 337 g/mol. The van der Waals surface area contributed by atoms with Crippen LogP contribution >= 0.6 is 0 Å². The van der Waals surface area contributed by atoms with Gasteiger partial charge in [-0.1, -0.05) is 6.07 Å². The Balaban J connectivity index is 1.88. The normalized spacial score (nSPS) is 14.0. The van der Waals surface area contributed by atoms with Crippen molar-refractivity contribution in [2.45, 2.75) is 25.8 Å². The van der Waals surface area contributed by atoms with Crippen molar-refractivity contribution < 1.29 is 14.1 Å². The minimum absolute atomic E-state index is 0.0318. The molecule has 25 heavy (non-hydrogen) atoms. The lowest BCUT2D eigenvalue weighted by Crippen LogP contribution is -2.26. The van der Waals surface area contributed by atoms with Crippen molar-refractivity contribution in [1.82, 2.24) is 5.32 Å². The van der Waals surface area contributed by atoms with Crippen LogP contribution in [0.4, 0.5) is 5.69 Å². The molecule has 1 aliphatic carbocycles. The summed E-state index contributed by atoms with van der Waals surface area (Å²) in [4.78, 5) is 22.4. The van der Waals surface area contributed by atoms with Crippen molar-refractivity contribution in [3.8, 4) is 17.4 Å². The van der Waals surface area contributed by atoms with Crippen molar-refractivity contribution in [2.24, 2.45) is 0 Å². The minimum atomic E-state index is -0.470. The van der Waals surface area contributed by atoms with Gasteiger partial charge in [-0.3, -0.25) is 14.9 Å². The Morgan fingerprint density at radius 2 is 2.16 bits per heavy atom. The average Bonchev–Trinajstić information content (AvgIpc) is 3.27. The van der Waals surface area contributed by atoms with Crippen LogP contribution in [0.5, 0.6) is 0 Å². The highest BCUT2D eigenvalue weighted by Gasteiger charge is 2.25. The number of aryl methyl sites for hydroxylation is 1. The van der Waals surface area contributed by atoms with E-state index in [1.54, 1.807) is 18.2 Å². The molecule has 1 heterocycles. The van der Waals surface area contributed by atoms with E-state index in [9.17, 15) is 14.9 Å². The van der Waals surface area contributed by atoms with Gasteiger partial charge in [0.2, 0.25) is 0 Å². The van der Waals surface area contributed by atoms with Crippen LogP contribution in [0.2, 0.25) is 0 Å². The van der Waals surface area contributed by atoms with Gasteiger partial charge < -0.3 is 9.73 Å². The lowest BCUT2D eigenvalue weighted by atomic mass is 10.1. The minimum Gasteiger partial charge on any atom is -0.457 e. The van der Waals surface area contributed by atoms with Gasteiger partial charge in [0.25, 0.3) is 11.6 Å². The summed E-state index contributed by atoms with van der Waals surface area (Å²) in [5.74, 6) is 0.352. The van der Waals surface area contributed by atoms with E-state index < -0.39 is 10.8 Å². The molecule has 126 valence electrons. The van der Waals surface area contributed by atoms with E-state index in [1.807, 2.05) is 13.0 Å². The van der Waals surface area contributed by atoms with Crippen LogP contribution in [0.1, 0.15) is 24.2 Å². The third kappa shape index (κ3) is 3.75. The molecule has 0 saturated heterocycles. The molecule has 0 unspecified atom stereocenters. The second-order valence-electron chi connectivity index (χ2n) is 5.88. The van der Waals surface area contributed by atoms with E-state index in [1.165, 1.54) is 18.2 Å². The first-order chi connectivity index (χ1) is 12.0. The fourth-order valence-electron chi connectivity index (χ4n) is 2.35. The number of nitro benzene ring substituents is 1. The van der Waals surface area contributed by atoms with E-state index in [0.29, 0.717) is 17.1 Å². The highest BCUT2D eigenvalue weighted by molar-refractivity contribution is 6.01. The SMILES string of the molecule is Cc1ccc([N+](=O)[O-])cc1-c1ccc(/C=C(\C#N)C(=O)NC2CC2)o1. The molecular formula is C18H15N3O4. The molecule has 3 rings (SSSR count). The molecular weight excluding hydrogens is 322 g/mol. The fourth-order valence-corrected chi connectivity index (χ4v) is 2.35. The molecule has 0 spiro atoms. The van der Waals surface area contributed by atoms with Crippen molar-refractivity contribution in [2.75, 3.05) is 0 Å². The van der Waals surface area contributed by atoms with E-state index in [-0.39, 0.29) is 17.3 Å². The predicted octanol–water partition coefficient (Wildman–Crippen LogP) is 3.35. The molecule has 0 radical (unpaired) electrons. The maximum absolute atomic E-state index is 12.0. The largest absolute Gasteiger partial charge is 0.457 e. The highest BCUT2D eigenvalue weighted by atomic mass is 16.6. The number of nitro groups is 1. The molecule has 0 aliphatic heterocycles. The third-order valence-corrected chi connectivity index (χ3v) is 3.89. The summed E-state index contributed by atoms with van der Waals surface area (Å²) < 4.78 is 5.66. The maximum atomic E-state index is 12.0. The highest BCUT2D eigenvalue weighted by Crippen LogP contribution is 2.29. The number of benzene rings is 1. The Bertz CT molecular complexity index is 917. The van der Waals surface area contributed by atoms with Gasteiger partial charge in [0.1, 0.15) is 23.2 Å². The number of furan rings is 1. The Morgan fingerprint density at radius 3 is 2.80 bits per heavy atom. The molecule has 1 fully saturated rings. The van der Waals surface area contributed by atoms with E-state index in [0.717, 1.165) is 18.4 Å². The molecule has 0 bridgehead atoms. The molecule has 1 N–H and O–H groups in total. The summed E-state index contributed by atoms with van der Waals surface area (Å²) in [7, 11) is 0. The van der Waals surface area contributed by atoms with Gasteiger partial charge in [-0.05, 0) is 37.5 Å². The van der Waals surface area contributed by atoms with E-state index >= 15 is 0 Å². The maximum Gasteiger partial charge on any atom is 0.270 e. The lowest BCUT2D eigenvalue weighted by molar-refractivity contribution is -0.384. The Hall–Kier alpha value is -3.40. The van der Waals surface area contributed by atoms with Crippen LogP contribution in [0.3, 0.4) is 0 Å². The number of carbonyl (C=O) groups is 1. The van der Waals surface area contributed by atoms with Crippen LogP contribution in [0.25, 0.3) is 17.4 Å². The fraction of sp³-hybridized carbons (Fsp3) is 0.222. The van der Waals surface area contributed by atoms with Gasteiger partial charge in [-0.2, -0.15) is 5.26 Å². The number of hydrogen-bond donors (Lipinski definition) is 1. The average molecular weight is 337 g/mol. The van der Waals surface area contributed by atoms with E-state index in [2.05, 4.69) is 5.32 Å². The van der Waals surface area contributed by atoms with E-state index in [4.69, 9.17) is 9.68 Å². The summed E-state index contributed by atoms with van der Waals surface area (Å²) in [6.07, 6.45) is 3.23. The first-order valence-corrected chi connectivity index (χ1v) is 7.76. The summed E-state index contributed by atoms with van der Waals surface area (Å²) in [6, 6.07) is 9.82.